The Kier molecular flexibility index (Phi) is 4.06. The molecule has 0 aromatic heterocycles. The lowest BCUT2D eigenvalue weighted by Crippen LogP contribution is -1.91. The van der Waals surface area contributed by atoms with Crippen molar-refractivity contribution >= 4 is 11.6 Å². The number of aliphatic hydroxyl groups is 1. The van der Waals surface area contributed by atoms with Crippen LogP contribution in [0.15, 0.2) is 18.2 Å². The molecule has 0 aliphatic rings. The molecule has 0 unspecified atom stereocenters. The van der Waals surface area contributed by atoms with E-state index in [-0.39, 0.29) is 6.61 Å². The lowest BCUT2D eigenvalue weighted by Gasteiger charge is -2.05. The summed E-state index contributed by atoms with van der Waals surface area (Å²) in [5, 5.41) is 9.27. The first-order valence-corrected chi connectivity index (χ1v) is 4.59. The van der Waals surface area contributed by atoms with Gasteiger partial charge in [0.1, 0.15) is 5.75 Å². The zero-order chi connectivity index (χ0) is 9.68. The van der Waals surface area contributed by atoms with Crippen molar-refractivity contribution in [1.29, 1.82) is 0 Å². The highest BCUT2D eigenvalue weighted by molar-refractivity contribution is 6.32. The highest BCUT2D eigenvalue weighted by Gasteiger charge is 2.01. The van der Waals surface area contributed by atoms with Crippen molar-refractivity contribution in [3.05, 3.63) is 28.8 Å². The van der Waals surface area contributed by atoms with Gasteiger partial charge in [-0.1, -0.05) is 17.7 Å². The van der Waals surface area contributed by atoms with Crippen molar-refractivity contribution in [3.63, 3.8) is 0 Å². The van der Waals surface area contributed by atoms with Gasteiger partial charge in [0.2, 0.25) is 0 Å². The summed E-state index contributed by atoms with van der Waals surface area (Å²) in [7, 11) is 1.59. The molecular weight excluding hydrogens is 188 g/mol. The van der Waals surface area contributed by atoms with Crippen molar-refractivity contribution in [2.45, 2.75) is 12.8 Å². The molecule has 0 saturated carbocycles. The van der Waals surface area contributed by atoms with Gasteiger partial charge in [0.15, 0.2) is 0 Å². The molecule has 13 heavy (non-hydrogen) atoms. The van der Waals surface area contributed by atoms with E-state index >= 15 is 0 Å². The van der Waals surface area contributed by atoms with Gasteiger partial charge in [-0.2, -0.15) is 0 Å². The SMILES string of the molecule is COc1cc(CCCO)ccc1Cl. The fraction of sp³-hybridized carbons (Fsp3) is 0.400. The Hall–Kier alpha value is -0.730. The molecule has 1 rings (SSSR count). The van der Waals surface area contributed by atoms with Gasteiger partial charge < -0.3 is 9.84 Å². The normalized spacial score (nSPS) is 10.1. The molecule has 0 spiro atoms. The van der Waals surface area contributed by atoms with E-state index in [1.165, 1.54) is 0 Å². The van der Waals surface area contributed by atoms with Gasteiger partial charge in [-0.05, 0) is 30.5 Å². The number of aryl methyl sites for hydroxylation is 1. The number of hydrogen-bond donors (Lipinski definition) is 1. The van der Waals surface area contributed by atoms with Gasteiger partial charge in [0.25, 0.3) is 0 Å². The van der Waals surface area contributed by atoms with Gasteiger partial charge in [0.05, 0.1) is 12.1 Å². The maximum Gasteiger partial charge on any atom is 0.137 e. The highest BCUT2D eigenvalue weighted by Crippen LogP contribution is 2.25. The Morgan fingerprint density at radius 2 is 2.23 bits per heavy atom. The molecule has 0 fully saturated rings. The molecule has 0 bridgehead atoms. The second kappa shape index (κ2) is 5.10. The molecule has 0 heterocycles. The molecule has 1 aromatic carbocycles. The summed E-state index contributed by atoms with van der Waals surface area (Å²) >= 11 is 5.86. The van der Waals surface area contributed by atoms with E-state index in [1.807, 2.05) is 18.2 Å². The van der Waals surface area contributed by atoms with Crippen LogP contribution in [0.2, 0.25) is 5.02 Å². The predicted molar refractivity (Wildman–Crippen MR) is 53.4 cm³/mol. The Labute approximate surface area is 83.1 Å². The maximum absolute atomic E-state index is 8.65. The van der Waals surface area contributed by atoms with Crippen LogP contribution in [0.4, 0.5) is 0 Å². The number of rotatable bonds is 4. The number of aliphatic hydroxyl groups excluding tert-OH is 1. The van der Waals surface area contributed by atoms with Crippen LogP contribution in [0.3, 0.4) is 0 Å². The van der Waals surface area contributed by atoms with Crippen molar-refractivity contribution in [2.75, 3.05) is 13.7 Å². The van der Waals surface area contributed by atoms with Crippen LogP contribution in [0.25, 0.3) is 0 Å². The lowest BCUT2D eigenvalue weighted by atomic mass is 10.1. The van der Waals surface area contributed by atoms with E-state index in [1.54, 1.807) is 7.11 Å². The first-order valence-electron chi connectivity index (χ1n) is 4.21. The number of halogens is 1. The van der Waals surface area contributed by atoms with Crippen LogP contribution in [-0.2, 0) is 6.42 Å². The Bertz CT molecular complexity index is 274. The molecule has 0 aliphatic carbocycles. The molecular formula is C10H13ClO2. The Morgan fingerprint density at radius 3 is 2.85 bits per heavy atom. The minimum atomic E-state index is 0.213. The van der Waals surface area contributed by atoms with Gasteiger partial charge in [-0.3, -0.25) is 0 Å². The zero-order valence-corrected chi connectivity index (χ0v) is 8.34. The summed E-state index contributed by atoms with van der Waals surface area (Å²) in [6.45, 7) is 0.213. The molecule has 0 radical (unpaired) electrons. The van der Waals surface area contributed by atoms with Crippen LogP contribution in [0.5, 0.6) is 5.75 Å². The molecule has 72 valence electrons. The number of hydrogen-bond acceptors (Lipinski definition) is 2. The fourth-order valence-electron chi connectivity index (χ4n) is 1.14. The Morgan fingerprint density at radius 1 is 1.46 bits per heavy atom. The molecule has 2 nitrogen and oxygen atoms in total. The standard InChI is InChI=1S/C10H13ClO2/c1-13-10-7-8(3-2-6-12)4-5-9(10)11/h4-5,7,12H,2-3,6H2,1H3. The Balaban J connectivity index is 2.74. The molecule has 0 saturated heterocycles. The average molecular weight is 201 g/mol. The van der Waals surface area contributed by atoms with E-state index in [0.29, 0.717) is 10.8 Å². The summed E-state index contributed by atoms with van der Waals surface area (Å²) in [6.07, 6.45) is 1.62. The van der Waals surface area contributed by atoms with Crippen molar-refractivity contribution < 1.29 is 9.84 Å². The van der Waals surface area contributed by atoms with Crippen LogP contribution >= 0.6 is 11.6 Å². The average Bonchev–Trinajstić information content (AvgIpc) is 2.16. The molecule has 1 N–H and O–H groups in total. The summed E-state index contributed by atoms with van der Waals surface area (Å²) < 4.78 is 5.07. The van der Waals surface area contributed by atoms with Gasteiger partial charge in [-0.15, -0.1) is 0 Å². The van der Waals surface area contributed by atoms with Gasteiger partial charge >= 0.3 is 0 Å². The lowest BCUT2D eigenvalue weighted by molar-refractivity contribution is 0.288. The van der Waals surface area contributed by atoms with E-state index in [0.717, 1.165) is 18.4 Å². The molecule has 0 aliphatic heterocycles. The van der Waals surface area contributed by atoms with Crippen LogP contribution in [-0.4, -0.2) is 18.8 Å². The monoisotopic (exact) mass is 200 g/mol. The molecule has 0 atom stereocenters. The first-order chi connectivity index (χ1) is 6.27. The quantitative estimate of drug-likeness (QED) is 0.808. The van der Waals surface area contributed by atoms with Crippen LogP contribution in [0, 0.1) is 0 Å². The van der Waals surface area contributed by atoms with Gasteiger partial charge in [-0.25, -0.2) is 0 Å². The van der Waals surface area contributed by atoms with Gasteiger partial charge in [0, 0.05) is 6.61 Å². The third-order valence-electron chi connectivity index (χ3n) is 1.84. The summed E-state index contributed by atoms with van der Waals surface area (Å²) in [5.41, 5.74) is 1.13. The summed E-state index contributed by atoms with van der Waals surface area (Å²) in [6, 6.07) is 5.66. The number of benzene rings is 1. The second-order valence-corrected chi connectivity index (χ2v) is 3.20. The van der Waals surface area contributed by atoms with Crippen molar-refractivity contribution in [1.82, 2.24) is 0 Å². The largest absolute Gasteiger partial charge is 0.495 e. The fourth-order valence-corrected chi connectivity index (χ4v) is 1.34. The van der Waals surface area contributed by atoms with E-state index in [4.69, 9.17) is 21.4 Å². The maximum atomic E-state index is 8.65. The minimum Gasteiger partial charge on any atom is -0.495 e. The molecule has 3 heteroatoms. The smallest absolute Gasteiger partial charge is 0.137 e. The topological polar surface area (TPSA) is 29.5 Å². The van der Waals surface area contributed by atoms with Crippen molar-refractivity contribution in [2.24, 2.45) is 0 Å². The summed E-state index contributed by atoms with van der Waals surface area (Å²) in [5.74, 6) is 0.692. The minimum absolute atomic E-state index is 0.213. The highest BCUT2D eigenvalue weighted by atomic mass is 35.5. The first kappa shape index (κ1) is 10.4. The number of ether oxygens (including phenoxy) is 1. The second-order valence-electron chi connectivity index (χ2n) is 2.80. The van der Waals surface area contributed by atoms with Crippen LogP contribution in [0.1, 0.15) is 12.0 Å². The third-order valence-corrected chi connectivity index (χ3v) is 2.15. The van der Waals surface area contributed by atoms with Crippen LogP contribution < -0.4 is 4.74 Å². The number of methoxy groups -OCH3 is 1. The van der Waals surface area contributed by atoms with E-state index in [2.05, 4.69) is 0 Å². The molecule has 0 amide bonds. The predicted octanol–water partition coefficient (Wildman–Crippen LogP) is 2.27. The van der Waals surface area contributed by atoms with E-state index < -0.39 is 0 Å². The molecule has 1 aromatic rings. The van der Waals surface area contributed by atoms with Crippen molar-refractivity contribution in [3.8, 4) is 5.75 Å². The zero-order valence-electron chi connectivity index (χ0n) is 7.59. The summed E-state index contributed by atoms with van der Waals surface area (Å²) in [4.78, 5) is 0. The third kappa shape index (κ3) is 2.90. The van der Waals surface area contributed by atoms with E-state index in [9.17, 15) is 0 Å².